The van der Waals surface area contributed by atoms with Crippen LogP contribution in [0, 0.1) is 5.92 Å². The molecule has 0 heterocycles. The number of halogens is 3. The number of carbonyl (C=O) groups excluding carboxylic acids is 2. The van der Waals surface area contributed by atoms with Gasteiger partial charge in [0.1, 0.15) is 5.78 Å². The van der Waals surface area contributed by atoms with Gasteiger partial charge in [-0.25, -0.2) is 8.42 Å². The molecular formula is C23H24F3NO4S. The maximum atomic E-state index is 12.9. The van der Waals surface area contributed by atoms with Crippen LogP contribution < -0.4 is 5.32 Å². The Hall–Kier alpha value is -2.68. The standard InChI is InChI=1S/C23H24F3NO4S/c1-27-22(11-5-17(14-28)23(24,25)26)21(13-15-2-6-18(29)12-15)16-3-7-19(8-4-16)32(30,31)20-9-10-20/h3-5,7-8,11,13-15,20,27H,2,6,9-10,12H2,1H3/b17-5+,21-13+,22-11-/t15-/m0/s1. The summed E-state index contributed by atoms with van der Waals surface area (Å²) in [6, 6.07) is 6.20. The highest BCUT2D eigenvalue weighted by Gasteiger charge is 2.37. The molecule has 0 radical (unpaired) electrons. The van der Waals surface area contributed by atoms with E-state index in [0.717, 1.165) is 6.08 Å². The lowest BCUT2D eigenvalue weighted by Crippen LogP contribution is -2.13. The van der Waals surface area contributed by atoms with Crippen LogP contribution in [0.3, 0.4) is 0 Å². The summed E-state index contributed by atoms with van der Waals surface area (Å²) in [6.07, 6.45) is 1.34. The van der Waals surface area contributed by atoms with Crippen LogP contribution in [-0.4, -0.2) is 39.0 Å². The Labute approximate surface area is 185 Å². The molecule has 2 fully saturated rings. The van der Waals surface area contributed by atoms with E-state index >= 15 is 0 Å². The molecule has 1 aromatic rings. The van der Waals surface area contributed by atoms with Crippen molar-refractivity contribution in [2.45, 2.75) is 48.4 Å². The first-order valence-electron chi connectivity index (χ1n) is 10.3. The van der Waals surface area contributed by atoms with E-state index in [1.807, 2.05) is 6.08 Å². The SMILES string of the molecule is CNC(=C\C=C(/C=O)C(F)(F)F)/C(=C/[C@H]1CCC(=O)C1)c1ccc(S(=O)(=O)C2CC2)cc1. The van der Waals surface area contributed by atoms with Crippen molar-refractivity contribution < 1.29 is 31.2 Å². The lowest BCUT2D eigenvalue weighted by molar-refractivity contribution is -0.119. The van der Waals surface area contributed by atoms with E-state index in [2.05, 4.69) is 5.32 Å². The average Bonchev–Trinajstić information content (AvgIpc) is 3.52. The van der Waals surface area contributed by atoms with Crippen LogP contribution in [-0.2, 0) is 19.4 Å². The number of nitrogens with one attached hydrogen (secondary N) is 1. The second kappa shape index (κ2) is 9.44. The van der Waals surface area contributed by atoms with Gasteiger partial charge in [-0.3, -0.25) is 9.59 Å². The number of likely N-dealkylation sites (N-methyl/N-ethyl adjacent to an activating group) is 1. The number of allylic oxidation sites excluding steroid dienone is 5. The largest absolute Gasteiger partial charge is 0.419 e. The van der Waals surface area contributed by atoms with Crippen molar-refractivity contribution in [2.24, 2.45) is 5.92 Å². The molecule has 1 aromatic carbocycles. The number of hydrogen-bond acceptors (Lipinski definition) is 5. The zero-order chi connectivity index (χ0) is 23.5. The van der Waals surface area contributed by atoms with Gasteiger partial charge in [-0.05, 0) is 55.0 Å². The molecule has 32 heavy (non-hydrogen) atoms. The molecule has 1 N–H and O–H groups in total. The monoisotopic (exact) mass is 467 g/mol. The molecule has 0 unspecified atom stereocenters. The molecule has 2 aliphatic carbocycles. The smallest absolute Gasteiger partial charge is 0.388 e. The minimum atomic E-state index is -4.78. The lowest BCUT2D eigenvalue weighted by Gasteiger charge is -2.15. The van der Waals surface area contributed by atoms with Crippen molar-refractivity contribution in [2.75, 3.05) is 7.05 Å². The van der Waals surface area contributed by atoms with Crippen LogP contribution >= 0.6 is 0 Å². The van der Waals surface area contributed by atoms with Crippen LogP contribution in [0.25, 0.3) is 5.57 Å². The Bertz CT molecular complexity index is 1080. The Morgan fingerprint density at radius 1 is 1.09 bits per heavy atom. The number of Topliss-reactive ketones (excluding diaryl/α,β-unsaturated/α-hetero) is 1. The predicted octanol–water partition coefficient (Wildman–Crippen LogP) is 4.17. The quantitative estimate of drug-likeness (QED) is 0.353. The number of alkyl halides is 3. The van der Waals surface area contributed by atoms with Gasteiger partial charge >= 0.3 is 6.18 Å². The van der Waals surface area contributed by atoms with Crippen molar-refractivity contribution in [3.05, 3.63) is 59.3 Å². The van der Waals surface area contributed by atoms with Crippen molar-refractivity contribution in [3.8, 4) is 0 Å². The Balaban J connectivity index is 2.02. The minimum absolute atomic E-state index is 0.0822. The molecule has 3 rings (SSSR count). The summed E-state index contributed by atoms with van der Waals surface area (Å²) in [7, 11) is -1.84. The average molecular weight is 468 g/mol. The minimum Gasteiger partial charge on any atom is -0.388 e. The summed E-state index contributed by atoms with van der Waals surface area (Å²) in [4.78, 5) is 22.8. The van der Waals surface area contributed by atoms with Gasteiger partial charge in [0, 0.05) is 31.2 Å². The molecule has 5 nitrogen and oxygen atoms in total. The first-order valence-corrected chi connectivity index (χ1v) is 11.8. The number of hydrogen-bond donors (Lipinski definition) is 1. The van der Waals surface area contributed by atoms with Crippen LogP contribution in [0.15, 0.2) is 58.7 Å². The van der Waals surface area contributed by atoms with Crippen LogP contribution in [0.4, 0.5) is 13.2 Å². The second-order valence-electron chi connectivity index (χ2n) is 7.96. The molecule has 0 aromatic heterocycles. The summed E-state index contributed by atoms with van der Waals surface area (Å²) in [5.74, 6) is 0.0351. The fraction of sp³-hybridized carbons (Fsp3) is 0.391. The number of benzene rings is 1. The van der Waals surface area contributed by atoms with Gasteiger partial charge in [-0.2, -0.15) is 13.2 Å². The lowest BCUT2D eigenvalue weighted by atomic mass is 9.95. The summed E-state index contributed by atoms with van der Waals surface area (Å²) in [6.45, 7) is 0. The number of sulfone groups is 1. The van der Waals surface area contributed by atoms with Gasteiger partial charge in [-0.15, -0.1) is 0 Å². The third-order valence-corrected chi connectivity index (χ3v) is 7.86. The molecule has 0 amide bonds. The third kappa shape index (κ3) is 5.56. The van der Waals surface area contributed by atoms with Crippen molar-refractivity contribution in [3.63, 3.8) is 0 Å². The fourth-order valence-corrected chi connectivity index (χ4v) is 5.30. The molecular weight excluding hydrogens is 443 g/mol. The van der Waals surface area contributed by atoms with Gasteiger partial charge in [0.2, 0.25) is 0 Å². The first kappa shape index (κ1) is 24.0. The summed E-state index contributed by atoms with van der Waals surface area (Å²) < 4.78 is 63.7. The zero-order valence-electron chi connectivity index (χ0n) is 17.5. The molecule has 0 saturated heterocycles. The maximum absolute atomic E-state index is 12.9. The summed E-state index contributed by atoms with van der Waals surface area (Å²) in [5.41, 5.74) is 0.108. The zero-order valence-corrected chi connectivity index (χ0v) is 18.3. The van der Waals surface area contributed by atoms with E-state index in [1.165, 1.54) is 19.2 Å². The van der Waals surface area contributed by atoms with Crippen LogP contribution in [0.5, 0.6) is 0 Å². The number of aldehydes is 1. The Morgan fingerprint density at radius 2 is 1.75 bits per heavy atom. The van der Waals surface area contributed by atoms with E-state index in [0.29, 0.717) is 55.0 Å². The molecule has 2 saturated carbocycles. The Morgan fingerprint density at radius 3 is 2.22 bits per heavy atom. The molecule has 0 aliphatic heterocycles. The second-order valence-corrected chi connectivity index (χ2v) is 10.2. The van der Waals surface area contributed by atoms with Crippen molar-refractivity contribution >= 4 is 27.5 Å². The van der Waals surface area contributed by atoms with E-state index in [1.54, 1.807) is 12.1 Å². The number of carbonyl (C=O) groups is 2. The summed E-state index contributed by atoms with van der Waals surface area (Å²) in [5, 5.41) is 2.50. The van der Waals surface area contributed by atoms with Crippen LogP contribution in [0.1, 0.15) is 37.7 Å². The molecule has 1 atom stereocenters. The van der Waals surface area contributed by atoms with Gasteiger partial charge < -0.3 is 5.32 Å². The van der Waals surface area contributed by atoms with E-state index in [9.17, 15) is 31.2 Å². The molecule has 172 valence electrons. The van der Waals surface area contributed by atoms with Gasteiger partial charge in [0.15, 0.2) is 16.1 Å². The number of rotatable bonds is 8. The highest BCUT2D eigenvalue weighted by atomic mass is 32.2. The first-order chi connectivity index (χ1) is 15.1. The maximum Gasteiger partial charge on any atom is 0.419 e. The Kier molecular flexibility index (Phi) is 7.07. The molecule has 9 heteroatoms. The van der Waals surface area contributed by atoms with E-state index < -0.39 is 21.6 Å². The fourth-order valence-electron chi connectivity index (χ4n) is 3.64. The van der Waals surface area contributed by atoms with Gasteiger partial charge in [-0.1, -0.05) is 18.2 Å². The topological polar surface area (TPSA) is 80.3 Å². The molecule has 0 bridgehead atoms. The highest BCUT2D eigenvalue weighted by Crippen LogP contribution is 2.35. The third-order valence-electron chi connectivity index (χ3n) is 5.59. The highest BCUT2D eigenvalue weighted by molar-refractivity contribution is 7.92. The predicted molar refractivity (Wildman–Crippen MR) is 114 cm³/mol. The summed E-state index contributed by atoms with van der Waals surface area (Å²) >= 11 is 0. The number of ketones is 1. The van der Waals surface area contributed by atoms with Gasteiger partial charge in [0.05, 0.1) is 15.7 Å². The van der Waals surface area contributed by atoms with Crippen LogP contribution in [0.2, 0.25) is 0 Å². The molecule has 0 spiro atoms. The van der Waals surface area contributed by atoms with E-state index in [-0.39, 0.29) is 28.1 Å². The van der Waals surface area contributed by atoms with Crippen molar-refractivity contribution in [1.82, 2.24) is 5.32 Å². The normalized spacial score (nSPS) is 21.1. The molecule has 2 aliphatic rings. The van der Waals surface area contributed by atoms with Crippen molar-refractivity contribution in [1.29, 1.82) is 0 Å². The van der Waals surface area contributed by atoms with E-state index in [4.69, 9.17) is 0 Å². The van der Waals surface area contributed by atoms with Gasteiger partial charge in [0.25, 0.3) is 0 Å².